The van der Waals surface area contributed by atoms with Gasteiger partial charge in [0, 0.05) is 12.6 Å². The van der Waals surface area contributed by atoms with Crippen LogP contribution in [0.5, 0.6) is 5.75 Å². The van der Waals surface area contributed by atoms with Crippen molar-refractivity contribution in [3.63, 3.8) is 0 Å². The summed E-state index contributed by atoms with van der Waals surface area (Å²) in [6.45, 7) is 0.457. The van der Waals surface area contributed by atoms with E-state index in [1.807, 2.05) is 0 Å². The maximum absolute atomic E-state index is 14.2. The molecule has 4 nitrogen and oxygen atoms in total. The van der Waals surface area contributed by atoms with E-state index in [0.717, 1.165) is 37.7 Å². The van der Waals surface area contributed by atoms with Crippen LogP contribution in [0.1, 0.15) is 75.3 Å². The summed E-state index contributed by atoms with van der Waals surface area (Å²) in [6, 6.07) is 7.82. The van der Waals surface area contributed by atoms with E-state index in [9.17, 15) is 31.1 Å². The van der Waals surface area contributed by atoms with E-state index < -0.39 is 29.9 Å². The van der Waals surface area contributed by atoms with Gasteiger partial charge in [-0.1, -0.05) is 37.5 Å². The molecule has 2 unspecified atom stereocenters. The number of ether oxygens (including phenoxy) is 2. The number of nitrogens with one attached hydrogen (secondary N) is 1. The molecule has 2 atom stereocenters. The van der Waals surface area contributed by atoms with Gasteiger partial charge in [-0.3, -0.25) is 4.79 Å². The fourth-order valence-corrected chi connectivity index (χ4v) is 7.24. The fourth-order valence-electron chi connectivity index (χ4n) is 7.24. The largest absolute Gasteiger partial charge is 0.490 e. The Balaban J connectivity index is 1.31. The van der Waals surface area contributed by atoms with Gasteiger partial charge in [0.1, 0.15) is 11.3 Å². The zero-order valence-corrected chi connectivity index (χ0v) is 22.5. The number of carbonyl (C=O) groups excluding carboxylic acids is 1. The van der Waals surface area contributed by atoms with Crippen LogP contribution in [0.2, 0.25) is 0 Å². The highest BCUT2D eigenvalue weighted by molar-refractivity contribution is 5.89. The number of alkyl halides is 6. The van der Waals surface area contributed by atoms with Crippen molar-refractivity contribution < 1.29 is 40.6 Å². The van der Waals surface area contributed by atoms with Crippen LogP contribution in [-0.2, 0) is 22.3 Å². The van der Waals surface area contributed by atoms with Crippen LogP contribution >= 0.6 is 0 Å². The molecule has 10 heteroatoms. The second-order valence-electron chi connectivity index (χ2n) is 11.7. The first-order valence-corrected chi connectivity index (χ1v) is 14.1. The van der Waals surface area contributed by atoms with Crippen molar-refractivity contribution in [1.29, 1.82) is 0 Å². The van der Waals surface area contributed by atoms with E-state index in [-0.39, 0.29) is 60.2 Å². The number of methoxy groups -OCH3 is 1. The molecular formula is C30H35F6NO3. The Labute approximate surface area is 229 Å². The lowest BCUT2D eigenvalue weighted by Crippen LogP contribution is -2.62. The lowest BCUT2D eigenvalue weighted by Gasteiger charge is -2.57. The molecule has 40 heavy (non-hydrogen) atoms. The van der Waals surface area contributed by atoms with Crippen molar-refractivity contribution >= 4 is 16.7 Å². The van der Waals surface area contributed by atoms with Crippen LogP contribution in [0, 0.1) is 17.3 Å². The van der Waals surface area contributed by atoms with Gasteiger partial charge >= 0.3 is 18.3 Å². The summed E-state index contributed by atoms with van der Waals surface area (Å²) in [4.78, 5) is 12.4. The average Bonchev–Trinajstić information content (AvgIpc) is 2.91. The molecular weight excluding hydrogens is 536 g/mol. The van der Waals surface area contributed by atoms with Crippen LogP contribution in [0.4, 0.5) is 26.3 Å². The Bertz CT molecular complexity index is 1210. The molecule has 220 valence electrons. The molecule has 0 bridgehead atoms. The molecule has 3 fully saturated rings. The number of esters is 1. The third-order valence-corrected chi connectivity index (χ3v) is 9.44. The maximum atomic E-state index is 14.2. The van der Waals surface area contributed by atoms with E-state index in [4.69, 9.17) is 9.47 Å². The summed E-state index contributed by atoms with van der Waals surface area (Å²) >= 11 is 0. The second kappa shape index (κ2) is 11.1. The van der Waals surface area contributed by atoms with Gasteiger partial charge in [0.05, 0.1) is 25.0 Å². The quantitative estimate of drug-likeness (QED) is 0.282. The van der Waals surface area contributed by atoms with Crippen LogP contribution < -0.4 is 10.1 Å². The van der Waals surface area contributed by atoms with E-state index >= 15 is 0 Å². The Kier molecular flexibility index (Phi) is 8.03. The van der Waals surface area contributed by atoms with Crippen molar-refractivity contribution in [2.75, 3.05) is 7.11 Å². The average molecular weight is 572 g/mol. The summed E-state index contributed by atoms with van der Waals surface area (Å²) in [5, 5.41) is 3.97. The normalized spacial score (nSPS) is 26.9. The molecule has 3 aliphatic carbocycles. The van der Waals surface area contributed by atoms with Crippen LogP contribution in [-0.4, -0.2) is 31.4 Å². The molecule has 0 aromatic heterocycles. The Morgan fingerprint density at radius 3 is 2.30 bits per heavy atom. The van der Waals surface area contributed by atoms with Crippen molar-refractivity contribution in [2.45, 2.75) is 95.3 Å². The molecule has 0 aliphatic heterocycles. The molecule has 2 aromatic rings. The van der Waals surface area contributed by atoms with Crippen molar-refractivity contribution in [2.24, 2.45) is 17.3 Å². The Morgan fingerprint density at radius 1 is 0.975 bits per heavy atom. The Morgan fingerprint density at radius 2 is 1.68 bits per heavy atom. The Hall–Kier alpha value is -2.49. The zero-order valence-electron chi connectivity index (χ0n) is 22.5. The summed E-state index contributed by atoms with van der Waals surface area (Å²) < 4.78 is 92.3. The molecule has 0 amide bonds. The zero-order chi connectivity index (χ0) is 28.7. The summed E-state index contributed by atoms with van der Waals surface area (Å²) in [6.07, 6.45) is -3.99. The SMILES string of the molecule is COC(=O)C1CC(NCc2ccc3c(C(F)(F)F)c(O[C@H]4CC[C@@H](C(F)(F)F)CC4)ccc3c2)C12CCCCC2. The molecule has 3 aliphatic rings. The van der Waals surface area contributed by atoms with Gasteiger partial charge in [0.25, 0.3) is 0 Å². The first-order chi connectivity index (χ1) is 18.9. The van der Waals surface area contributed by atoms with Gasteiger partial charge in [-0.15, -0.1) is 0 Å². The first kappa shape index (κ1) is 29.0. The number of benzene rings is 2. The molecule has 0 heterocycles. The topological polar surface area (TPSA) is 47.6 Å². The van der Waals surface area contributed by atoms with Gasteiger partial charge in [-0.25, -0.2) is 0 Å². The minimum atomic E-state index is -4.69. The van der Waals surface area contributed by atoms with Crippen molar-refractivity contribution in [1.82, 2.24) is 5.32 Å². The molecule has 1 N–H and O–H groups in total. The summed E-state index contributed by atoms with van der Waals surface area (Å²) in [5.41, 5.74) is -0.201. The molecule has 1 spiro atoms. The third-order valence-electron chi connectivity index (χ3n) is 9.44. The number of rotatable bonds is 6. The molecule has 2 aromatic carbocycles. The van der Waals surface area contributed by atoms with Crippen LogP contribution in [0.25, 0.3) is 10.8 Å². The lowest BCUT2D eigenvalue weighted by atomic mass is 9.50. The van der Waals surface area contributed by atoms with E-state index in [1.54, 1.807) is 18.2 Å². The predicted octanol–water partition coefficient (Wildman–Crippen LogP) is 7.96. The van der Waals surface area contributed by atoms with E-state index in [2.05, 4.69) is 5.32 Å². The number of fused-ring (bicyclic) bond motifs is 1. The van der Waals surface area contributed by atoms with Crippen molar-refractivity contribution in [3.05, 3.63) is 41.5 Å². The minimum Gasteiger partial charge on any atom is -0.490 e. The summed E-state index contributed by atoms with van der Waals surface area (Å²) in [7, 11) is 1.42. The van der Waals surface area contributed by atoms with Crippen LogP contribution in [0.15, 0.2) is 30.3 Å². The number of carbonyl (C=O) groups is 1. The van der Waals surface area contributed by atoms with Gasteiger partial charge < -0.3 is 14.8 Å². The highest BCUT2D eigenvalue weighted by Crippen LogP contribution is 2.56. The maximum Gasteiger partial charge on any atom is 0.420 e. The second-order valence-corrected chi connectivity index (χ2v) is 11.7. The van der Waals surface area contributed by atoms with E-state index in [0.29, 0.717) is 18.4 Å². The highest BCUT2D eigenvalue weighted by atomic mass is 19.4. The van der Waals surface area contributed by atoms with Gasteiger partial charge in [0.2, 0.25) is 0 Å². The standard InChI is InChI=1S/C30H35F6NO3/c1-39-27(38)23-16-25(28(23)13-3-2-4-14-28)37-17-18-5-11-22-19(15-18)6-12-24(26(22)30(34,35)36)40-21-9-7-20(8-10-21)29(31,32)33/h5-6,11-12,15,20-21,23,25,37H,2-4,7-10,13-14,16-17H2,1H3/t20-,21+,23?,25?. The fraction of sp³-hybridized carbons (Fsp3) is 0.633. The molecule has 0 saturated heterocycles. The van der Waals surface area contributed by atoms with E-state index in [1.165, 1.54) is 19.2 Å². The number of halogens is 6. The lowest BCUT2D eigenvalue weighted by molar-refractivity contribution is -0.185. The van der Waals surface area contributed by atoms with Crippen LogP contribution in [0.3, 0.4) is 0 Å². The van der Waals surface area contributed by atoms with Gasteiger partial charge in [0.15, 0.2) is 0 Å². The molecule has 3 saturated carbocycles. The monoisotopic (exact) mass is 571 g/mol. The summed E-state index contributed by atoms with van der Waals surface area (Å²) in [5.74, 6) is -2.07. The molecule has 0 radical (unpaired) electrons. The van der Waals surface area contributed by atoms with Gasteiger partial charge in [-0.05, 0) is 78.8 Å². The molecule has 5 rings (SSSR count). The first-order valence-electron chi connectivity index (χ1n) is 14.1. The third kappa shape index (κ3) is 5.65. The number of hydrogen-bond acceptors (Lipinski definition) is 4. The predicted molar refractivity (Wildman–Crippen MR) is 138 cm³/mol. The smallest absolute Gasteiger partial charge is 0.420 e. The highest BCUT2D eigenvalue weighted by Gasteiger charge is 2.58. The van der Waals surface area contributed by atoms with Crippen molar-refractivity contribution in [3.8, 4) is 5.75 Å². The minimum absolute atomic E-state index is 0.00382. The van der Waals surface area contributed by atoms with Gasteiger partial charge in [-0.2, -0.15) is 26.3 Å². The number of hydrogen-bond donors (Lipinski definition) is 1.